The first-order chi connectivity index (χ1) is 8.49. The number of nitrogens with two attached hydrogens (primary N) is 1. The van der Waals surface area contributed by atoms with E-state index in [2.05, 4.69) is 10.2 Å². The van der Waals surface area contributed by atoms with Crippen molar-refractivity contribution >= 4 is 11.8 Å². The van der Waals surface area contributed by atoms with Gasteiger partial charge in [0.15, 0.2) is 5.16 Å². The van der Waals surface area contributed by atoms with Crippen LogP contribution in [0, 0.1) is 5.82 Å². The largest absolute Gasteiger partial charge is 0.343 e. The number of halogens is 1. The van der Waals surface area contributed by atoms with E-state index in [0.29, 0.717) is 10.7 Å². The molecule has 5 nitrogen and oxygen atoms in total. The molecule has 0 amide bonds. The lowest BCUT2D eigenvalue weighted by molar-refractivity contribution is 0.619. The number of aromatic nitrogens is 3. The fourth-order valence-electron chi connectivity index (χ4n) is 1.49. The molecule has 96 valence electrons. The predicted octanol–water partition coefficient (Wildman–Crippen LogP) is 1.42. The Labute approximate surface area is 107 Å². The van der Waals surface area contributed by atoms with E-state index in [-0.39, 0.29) is 17.5 Å². The van der Waals surface area contributed by atoms with Crippen LogP contribution in [-0.4, -0.2) is 14.8 Å². The van der Waals surface area contributed by atoms with Gasteiger partial charge in [-0.2, -0.15) is 0 Å². The van der Waals surface area contributed by atoms with Crippen molar-refractivity contribution in [3.05, 3.63) is 40.1 Å². The standard InChI is InChI=1S/C11H13FN4OS/c1-6(13)8-5-7(12)3-4-9(8)18-11-15-14-10(17)16(11)2/h3-6H,13H2,1-2H3,(H,14,17). The second-order valence-electron chi connectivity index (χ2n) is 3.94. The number of hydrogen-bond donors (Lipinski definition) is 2. The van der Waals surface area contributed by atoms with E-state index in [0.717, 1.165) is 4.90 Å². The van der Waals surface area contributed by atoms with Crippen LogP contribution in [0.1, 0.15) is 18.5 Å². The second-order valence-corrected chi connectivity index (χ2v) is 4.95. The van der Waals surface area contributed by atoms with Gasteiger partial charge >= 0.3 is 5.69 Å². The molecular formula is C11H13FN4OS. The normalized spacial score (nSPS) is 12.7. The van der Waals surface area contributed by atoms with Crippen LogP contribution in [-0.2, 0) is 7.05 Å². The number of hydrogen-bond acceptors (Lipinski definition) is 4. The molecule has 2 rings (SSSR count). The second kappa shape index (κ2) is 4.95. The van der Waals surface area contributed by atoms with Crippen molar-refractivity contribution in [1.29, 1.82) is 0 Å². The van der Waals surface area contributed by atoms with Crippen molar-refractivity contribution in [2.45, 2.75) is 23.0 Å². The average molecular weight is 268 g/mol. The molecule has 0 saturated heterocycles. The third kappa shape index (κ3) is 2.46. The summed E-state index contributed by atoms with van der Waals surface area (Å²) < 4.78 is 14.6. The smallest absolute Gasteiger partial charge is 0.324 e. The molecule has 2 aromatic rings. The molecule has 7 heteroatoms. The number of aromatic amines is 1. The number of H-pyrrole nitrogens is 1. The van der Waals surface area contributed by atoms with Crippen LogP contribution in [0.5, 0.6) is 0 Å². The Bertz CT molecular complexity index is 620. The first-order valence-corrected chi connectivity index (χ1v) is 6.15. The molecule has 1 unspecified atom stereocenters. The van der Waals surface area contributed by atoms with Crippen molar-refractivity contribution in [1.82, 2.24) is 14.8 Å². The highest BCUT2D eigenvalue weighted by molar-refractivity contribution is 7.99. The molecule has 1 aromatic heterocycles. The van der Waals surface area contributed by atoms with Gasteiger partial charge in [0, 0.05) is 18.0 Å². The molecule has 1 aromatic carbocycles. The monoisotopic (exact) mass is 268 g/mol. The lowest BCUT2D eigenvalue weighted by Crippen LogP contribution is -2.13. The van der Waals surface area contributed by atoms with Gasteiger partial charge in [-0.15, -0.1) is 5.10 Å². The lowest BCUT2D eigenvalue weighted by atomic mass is 10.1. The molecule has 0 saturated carbocycles. The molecule has 0 radical (unpaired) electrons. The lowest BCUT2D eigenvalue weighted by Gasteiger charge is -2.11. The van der Waals surface area contributed by atoms with Crippen molar-refractivity contribution < 1.29 is 4.39 Å². The summed E-state index contributed by atoms with van der Waals surface area (Å²) in [5.41, 5.74) is 6.20. The number of nitrogens with zero attached hydrogens (tertiary/aromatic N) is 2. The summed E-state index contributed by atoms with van der Waals surface area (Å²) >= 11 is 1.27. The Hall–Kier alpha value is -1.60. The van der Waals surface area contributed by atoms with Gasteiger partial charge in [0.05, 0.1) is 0 Å². The van der Waals surface area contributed by atoms with Gasteiger partial charge in [0.25, 0.3) is 0 Å². The maximum atomic E-state index is 13.2. The summed E-state index contributed by atoms with van der Waals surface area (Å²) in [4.78, 5) is 12.0. The minimum atomic E-state index is -0.331. The summed E-state index contributed by atoms with van der Waals surface area (Å²) in [6.45, 7) is 1.78. The van der Waals surface area contributed by atoms with Crippen molar-refractivity contribution in [2.75, 3.05) is 0 Å². The van der Waals surface area contributed by atoms with Gasteiger partial charge in [0.2, 0.25) is 0 Å². The molecule has 1 heterocycles. The number of nitrogens with one attached hydrogen (secondary N) is 1. The summed E-state index contributed by atoms with van der Waals surface area (Å²) in [5.74, 6) is -0.331. The molecule has 18 heavy (non-hydrogen) atoms. The molecular weight excluding hydrogens is 255 g/mol. The van der Waals surface area contributed by atoms with E-state index >= 15 is 0 Å². The van der Waals surface area contributed by atoms with E-state index in [9.17, 15) is 9.18 Å². The van der Waals surface area contributed by atoms with E-state index < -0.39 is 0 Å². The quantitative estimate of drug-likeness (QED) is 0.882. The average Bonchev–Trinajstić information content (AvgIpc) is 2.63. The molecule has 0 aliphatic heterocycles. The van der Waals surface area contributed by atoms with Crippen LogP contribution in [0.25, 0.3) is 0 Å². The zero-order chi connectivity index (χ0) is 13.3. The summed E-state index contributed by atoms with van der Waals surface area (Å²) in [5, 5.41) is 6.74. The maximum absolute atomic E-state index is 13.2. The Morgan fingerprint density at radius 2 is 2.28 bits per heavy atom. The Balaban J connectivity index is 2.40. The Kier molecular flexibility index (Phi) is 3.53. The van der Waals surface area contributed by atoms with Gasteiger partial charge in [0.1, 0.15) is 5.82 Å². The van der Waals surface area contributed by atoms with Gasteiger partial charge in [-0.1, -0.05) is 0 Å². The molecule has 0 spiro atoms. The van der Waals surface area contributed by atoms with Crippen LogP contribution in [0.2, 0.25) is 0 Å². The van der Waals surface area contributed by atoms with Crippen LogP contribution in [0.4, 0.5) is 4.39 Å². The van der Waals surface area contributed by atoms with E-state index in [1.54, 1.807) is 20.0 Å². The highest BCUT2D eigenvalue weighted by Gasteiger charge is 2.13. The fraction of sp³-hybridized carbons (Fsp3) is 0.273. The molecule has 0 fully saturated rings. The Morgan fingerprint density at radius 1 is 1.56 bits per heavy atom. The van der Waals surface area contributed by atoms with Crippen LogP contribution in [0.3, 0.4) is 0 Å². The van der Waals surface area contributed by atoms with E-state index in [4.69, 9.17) is 5.73 Å². The van der Waals surface area contributed by atoms with E-state index in [1.165, 1.54) is 28.5 Å². The number of rotatable bonds is 3. The minimum Gasteiger partial charge on any atom is -0.324 e. The van der Waals surface area contributed by atoms with Gasteiger partial charge in [-0.05, 0) is 42.4 Å². The van der Waals surface area contributed by atoms with Crippen molar-refractivity contribution in [3.8, 4) is 0 Å². The molecule has 3 N–H and O–H groups in total. The van der Waals surface area contributed by atoms with E-state index in [1.807, 2.05) is 0 Å². The zero-order valence-electron chi connectivity index (χ0n) is 9.98. The van der Waals surface area contributed by atoms with Crippen LogP contribution < -0.4 is 11.4 Å². The van der Waals surface area contributed by atoms with Crippen molar-refractivity contribution in [3.63, 3.8) is 0 Å². The van der Waals surface area contributed by atoms with Gasteiger partial charge < -0.3 is 5.73 Å². The Morgan fingerprint density at radius 3 is 2.83 bits per heavy atom. The van der Waals surface area contributed by atoms with Crippen LogP contribution >= 0.6 is 11.8 Å². The zero-order valence-corrected chi connectivity index (χ0v) is 10.8. The maximum Gasteiger partial charge on any atom is 0.343 e. The molecule has 0 bridgehead atoms. The molecule has 0 aliphatic carbocycles. The summed E-state index contributed by atoms with van der Waals surface area (Å²) in [6, 6.07) is 4.10. The highest BCUT2D eigenvalue weighted by Crippen LogP contribution is 2.31. The first kappa shape index (κ1) is 12.8. The van der Waals surface area contributed by atoms with Gasteiger partial charge in [-0.25, -0.2) is 14.3 Å². The molecule has 1 atom stereocenters. The highest BCUT2D eigenvalue weighted by atomic mass is 32.2. The van der Waals surface area contributed by atoms with Gasteiger partial charge in [-0.3, -0.25) is 4.57 Å². The fourth-order valence-corrected chi connectivity index (χ4v) is 2.50. The minimum absolute atomic E-state index is 0.290. The van der Waals surface area contributed by atoms with Crippen molar-refractivity contribution in [2.24, 2.45) is 12.8 Å². The SMILES string of the molecule is CC(N)c1cc(F)ccc1Sc1n[nH]c(=O)n1C. The summed E-state index contributed by atoms with van der Waals surface area (Å²) in [7, 11) is 1.61. The van der Waals surface area contributed by atoms with Crippen LogP contribution in [0.15, 0.2) is 33.0 Å². The summed E-state index contributed by atoms with van der Waals surface area (Å²) in [6.07, 6.45) is 0. The number of benzene rings is 1. The molecule has 0 aliphatic rings. The third-order valence-electron chi connectivity index (χ3n) is 2.50. The predicted molar refractivity (Wildman–Crippen MR) is 67.0 cm³/mol. The first-order valence-electron chi connectivity index (χ1n) is 5.33. The third-order valence-corrected chi connectivity index (χ3v) is 3.64. The topological polar surface area (TPSA) is 76.7 Å².